The van der Waals surface area contributed by atoms with Crippen molar-refractivity contribution in [3.8, 4) is 0 Å². The number of rotatable bonds is 4. The van der Waals surface area contributed by atoms with Crippen molar-refractivity contribution in [2.24, 2.45) is 5.92 Å². The smallest absolute Gasteiger partial charge is 0.115 e. The van der Waals surface area contributed by atoms with Crippen LogP contribution in [0.1, 0.15) is 27.2 Å². The minimum absolute atomic E-state index is 0.506. The van der Waals surface area contributed by atoms with Crippen LogP contribution in [-0.2, 0) is 0 Å². The van der Waals surface area contributed by atoms with Crippen LogP contribution in [0.5, 0.6) is 0 Å². The molecule has 0 aromatic carbocycles. The molecule has 0 radical (unpaired) electrons. The van der Waals surface area contributed by atoms with Gasteiger partial charge in [-0.05, 0) is 12.3 Å². The number of hydrogen-bond acceptors (Lipinski definition) is 3. The predicted molar refractivity (Wildman–Crippen MR) is 54.6 cm³/mol. The monoisotopic (exact) mass is 179 g/mol. The Balaban J connectivity index is 2.57. The van der Waals surface area contributed by atoms with E-state index in [1.165, 1.54) is 0 Å². The fourth-order valence-electron chi connectivity index (χ4n) is 1.33. The predicted octanol–water partition coefficient (Wildman–Crippen LogP) is 2.32. The summed E-state index contributed by atoms with van der Waals surface area (Å²) >= 11 is 0. The summed E-state index contributed by atoms with van der Waals surface area (Å²) in [5.74, 6) is 0.630. The summed E-state index contributed by atoms with van der Waals surface area (Å²) < 4.78 is 0. The molecule has 1 aromatic heterocycles. The molecule has 1 unspecified atom stereocenters. The molecule has 0 aliphatic rings. The second-order valence-electron chi connectivity index (χ2n) is 3.53. The molecule has 0 amide bonds. The van der Waals surface area contributed by atoms with E-state index in [1.54, 1.807) is 18.7 Å². The second kappa shape index (κ2) is 4.80. The molecule has 0 fully saturated rings. The fraction of sp³-hybridized carbons (Fsp3) is 0.600. The van der Waals surface area contributed by atoms with Crippen LogP contribution in [0.3, 0.4) is 0 Å². The quantitative estimate of drug-likeness (QED) is 0.770. The third kappa shape index (κ3) is 3.01. The van der Waals surface area contributed by atoms with Crippen LogP contribution in [0, 0.1) is 5.92 Å². The average Bonchev–Trinajstić information content (AvgIpc) is 2.15. The molecule has 0 saturated heterocycles. The maximum atomic E-state index is 3.96. The Hall–Kier alpha value is -1.12. The Kier molecular flexibility index (Phi) is 3.68. The Morgan fingerprint density at radius 2 is 1.92 bits per heavy atom. The van der Waals surface area contributed by atoms with Gasteiger partial charge in [0.25, 0.3) is 0 Å². The lowest BCUT2D eigenvalue weighted by Gasteiger charge is -2.21. The topological polar surface area (TPSA) is 37.8 Å². The average molecular weight is 179 g/mol. The lowest BCUT2D eigenvalue weighted by molar-refractivity contribution is 0.511. The van der Waals surface area contributed by atoms with E-state index in [4.69, 9.17) is 0 Å². The highest BCUT2D eigenvalue weighted by Crippen LogP contribution is 2.12. The molecule has 1 aromatic rings. The van der Waals surface area contributed by atoms with Gasteiger partial charge in [0.2, 0.25) is 0 Å². The molecule has 3 nitrogen and oxygen atoms in total. The van der Waals surface area contributed by atoms with Crippen molar-refractivity contribution >= 4 is 5.69 Å². The summed E-state index contributed by atoms with van der Waals surface area (Å²) in [6.45, 7) is 6.61. The van der Waals surface area contributed by atoms with Gasteiger partial charge in [0.15, 0.2) is 0 Å². The fourth-order valence-corrected chi connectivity index (χ4v) is 1.33. The zero-order chi connectivity index (χ0) is 9.68. The number of nitrogens with one attached hydrogen (secondary N) is 1. The van der Waals surface area contributed by atoms with Gasteiger partial charge in [-0.3, -0.25) is 0 Å². The lowest BCUT2D eigenvalue weighted by Crippen LogP contribution is -2.24. The Bertz CT molecular complexity index is 233. The SMILES string of the molecule is CCC(Nc1cncnc1)C(C)C. The van der Waals surface area contributed by atoms with E-state index in [1.807, 2.05) is 0 Å². The van der Waals surface area contributed by atoms with Crippen LogP contribution in [0.15, 0.2) is 18.7 Å². The molecule has 1 rings (SSSR count). The summed E-state index contributed by atoms with van der Waals surface area (Å²) in [6, 6.07) is 0.506. The van der Waals surface area contributed by atoms with E-state index in [0.717, 1.165) is 12.1 Å². The van der Waals surface area contributed by atoms with Gasteiger partial charge >= 0.3 is 0 Å². The van der Waals surface area contributed by atoms with E-state index >= 15 is 0 Å². The van der Waals surface area contributed by atoms with Crippen molar-refractivity contribution in [1.29, 1.82) is 0 Å². The van der Waals surface area contributed by atoms with Gasteiger partial charge in [-0.1, -0.05) is 20.8 Å². The third-order valence-electron chi connectivity index (χ3n) is 2.16. The molecule has 1 heterocycles. The molecule has 0 spiro atoms. The van der Waals surface area contributed by atoms with Crippen molar-refractivity contribution in [1.82, 2.24) is 9.97 Å². The summed E-state index contributed by atoms with van der Waals surface area (Å²) in [4.78, 5) is 7.92. The maximum Gasteiger partial charge on any atom is 0.115 e. The minimum atomic E-state index is 0.506. The molecule has 1 N–H and O–H groups in total. The number of aromatic nitrogens is 2. The Labute approximate surface area is 79.6 Å². The molecular formula is C10H17N3. The molecule has 72 valence electrons. The highest BCUT2D eigenvalue weighted by molar-refractivity contribution is 5.38. The molecule has 1 atom stereocenters. The van der Waals surface area contributed by atoms with Crippen LogP contribution in [0.2, 0.25) is 0 Å². The summed E-state index contributed by atoms with van der Waals surface area (Å²) in [5, 5.41) is 3.40. The third-order valence-corrected chi connectivity index (χ3v) is 2.16. The number of nitrogens with zero attached hydrogens (tertiary/aromatic N) is 2. The van der Waals surface area contributed by atoms with Gasteiger partial charge in [0.1, 0.15) is 6.33 Å². The van der Waals surface area contributed by atoms with Crippen LogP contribution >= 0.6 is 0 Å². The van der Waals surface area contributed by atoms with Crippen molar-refractivity contribution in [2.45, 2.75) is 33.2 Å². The lowest BCUT2D eigenvalue weighted by atomic mass is 10.0. The van der Waals surface area contributed by atoms with Crippen LogP contribution in [0.25, 0.3) is 0 Å². The first-order valence-corrected chi connectivity index (χ1v) is 4.75. The van der Waals surface area contributed by atoms with Gasteiger partial charge in [0, 0.05) is 6.04 Å². The van der Waals surface area contributed by atoms with Gasteiger partial charge < -0.3 is 5.32 Å². The molecule has 3 heteroatoms. The van der Waals surface area contributed by atoms with Gasteiger partial charge in [-0.25, -0.2) is 9.97 Å². The molecular weight excluding hydrogens is 162 g/mol. The van der Waals surface area contributed by atoms with Crippen LogP contribution < -0.4 is 5.32 Å². The van der Waals surface area contributed by atoms with E-state index in [-0.39, 0.29) is 0 Å². The zero-order valence-electron chi connectivity index (χ0n) is 8.49. The van der Waals surface area contributed by atoms with Crippen LogP contribution in [0.4, 0.5) is 5.69 Å². The van der Waals surface area contributed by atoms with Gasteiger partial charge in [-0.15, -0.1) is 0 Å². The summed E-state index contributed by atoms with van der Waals surface area (Å²) in [5.41, 5.74) is 1.00. The Morgan fingerprint density at radius 1 is 1.31 bits per heavy atom. The Morgan fingerprint density at radius 3 is 2.38 bits per heavy atom. The summed E-state index contributed by atoms with van der Waals surface area (Å²) in [6.07, 6.45) is 6.27. The standard InChI is InChI=1S/C10H17N3/c1-4-10(8(2)3)13-9-5-11-7-12-6-9/h5-8,10,13H,4H2,1-3H3. The molecule has 0 aliphatic carbocycles. The van der Waals surface area contributed by atoms with Crippen molar-refractivity contribution in [3.05, 3.63) is 18.7 Å². The highest BCUT2D eigenvalue weighted by atomic mass is 15.0. The van der Waals surface area contributed by atoms with Crippen LogP contribution in [-0.4, -0.2) is 16.0 Å². The molecule has 13 heavy (non-hydrogen) atoms. The van der Waals surface area contributed by atoms with Gasteiger partial charge in [-0.2, -0.15) is 0 Å². The van der Waals surface area contributed by atoms with Crippen molar-refractivity contribution in [3.63, 3.8) is 0 Å². The van der Waals surface area contributed by atoms with Crippen molar-refractivity contribution in [2.75, 3.05) is 5.32 Å². The molecule has 0 bridgehead atoms. The zero-order valence-corrected chi connectivity index (χ0v) is 8.49. The normalized spacial score (nSPS) is 12.9. The number of hydrogen-bond donors (Lipinski definition) is 1. The molecule has 0 aliphatic heterocycles. The van der Waals surface area contributed by atoms with Gasteiger partial charge in [0.05, 0.1) is 18.1 Å². The first-order valence-electron chi connectivity index (χ1n) is 4.75. The first kappa shape index (κ1) is 9.96. The highest BCUT2D eigenvalue weighted by Gasteiger charge is 2.09. The largest absolute Gasteiger partial charge is 0.380 e. The summed E-state index contributed by atoms with van der Waals surface area (Å²) in [7, 11) is 0. The van der Waals surface area contributed by atoms with E-state index in [2.05, 4.69) is 36.1 Å². The van der Waals surface area contributed by atoms with E-state index < -0.39 is 0 Å². The maximum absolute atomic E-state index is 3.96. The first-order chi connectivity index (χ1) is 6.24. The van der Waals surface area contributed by atoms with Crippen molar-refractivity contribution < 1.29 is 0 Å². The van der Waals surface area contributed by atoms with E-state index in [9.17, 15) is 0 Å². The van der Waals surface area contributed by atoms with E-state index in [0.29, 0.717) is 12.0 Å². The minimum Gasteiger partial charge on any atom is -0.380 e. The molecule has 0 saturated carbocycles. The number of anilines is 1. The second-order valence-corrected chi connectivity index (χ2v) is 3.53.